The van der Waals surface area contributed by atoms with Gasteiger partial charge in [0.1, 0.15) is 0 Å². The number of hydrogen-bond donors (Lipinski definition) is 1. The van der Waals surface area contributed by atoms with Gasteiger partial charge in [-0.05, 0) is 26.0 Å². The van der Waals surface area contributed by atoms with E-state index in [1.165, 1.54) is 9.58 Å². The summed E-state index contributed by atoms with van der Waals surface area (Å²) in [4.78, 5) is 1.22. The topological polar surface area (TPSA) is 21.3 Å². The van der Waals surface area contributed by atoms with Crippen LogP contribution in [0.2, 0.25) is 5.02 Å². The molecule has 0 bridgehead atoms. The van der Waals surface area contributed by atoms with Crippen molar-refractivity contribution in [3.8, 4) is 0 Å². The molecule has 2 rings (SSSR count). The van der Waals surface area contributed by atoms with Crippen molar-refractivity contribution in [3.05, 3.63) is 34.2 Å². The lowest BCUT2D eigenvalue weighted by molar-refractivity contribution is 0.144. The Hall–Kier alpha value is -0.610. The highest BCUT2D eigenvalue weighted by atomic mass is 35.5. The van der Waals surface area contributed by atoms with Gasteiger partial charge in [0.2, 0.25) is 0 Å². The molecule has 0 aliphatic rings. The van der Waals surface area contributed by atoms with Gasteiger partial charge in [0.05, 0.1) is 5.02 Å². The lowest BCUT2D eigenvalue weighted by Crippen LogP contribution is -2.15. The third-order valence-corrected chi connectivity index (χ3v) is 4.45. The molecule has 1 heterocycles. The largest absolute Gasteiger partial charge is 0.382 e. The zero-order valence-corrected chi connectivity index (χ0v) is 12.1. The summed E-state index contributed by atoms with van der Waals surface area (Å²) in [5, 5.41) is 5.47. The molecule has 0 saturated carbocycles. The number of hydrogen-bond acceptors (Lipinski definition) is 3. The molecule has 0 saturated heterocycles. The molecule has 0 aliphatic carbocycles. The summed E-state index contributed by atoms with van der Waals surface area (Å²) in [5.74, 6) is 0. The molecule has 1 aromatic heterocycles. The highest BCUT2D eigenvalue weighted by Gasteiger charge is 2.08. The van der Waals surface area contributed by atoms with Crippen LogP contribution in [-0.2, 0) is 11.3 Å². The monoisotopic (exact) mass is 283 g/mol. The van der Waals surface area contributed by atoms with Gasteiger partial charge in [-0.1, -0.05) is 29.8 Å². The van der Waals surface area contributed by atoms with Gasteiger partial charge in [0, 0.05) is 34.7 Å². The molecule has 0 spiro atoms. The molecular formula is C14H18ClNOS. The first-order chi connectivity index (χ1) is 8.83. The summed E-state index contributed by atoms with van der Waals surface area (Å²) >= 11 is 8.13. The van der Waals surface area contributed by atoms with Crippen LogP contribution in [0.5, 0.6) is 0 Å². The molecule has 1 N–H and O–H groups in total. The lowest BCUT2D eigenvalue weighted by Gasteiger charge is -2.03. The van der Waals surface area contributed by atoms with Gasteiger partial charge in [-0.3, -0.25) is 0 Å². The molecule has 0 unspecified atom stereocenters. The van der Waals surface area contributed by atoms with E-state index in [0.29, 0.717) is 0 Å². The van der Waals surface area contributed by atoms with E-state index in [4.69, 9.17) is 16.3 Å². The van der Waals surface area contributed by atoms with Gasteiger partial charge in [0.25, 0.3) is 0 Å². The van der Waals surface area contributed by atoms with E-state index in [-0.39, 0.29) is 0 Å². The Morgan fingerprint density at radius 2 is 2.17 bits per heavy atom. The minimum Gasteiger partial charge on any atom is -0.382 e. The first-order valence-electron chi connectivity index (χ1n) is 6.27. The summed E-state index contributed by atoms with van der Waals surface area (Å²) in [6.07, 6.45) is 1.04. The summed E-state index contributed by atoms with van der Waals surface area (Å²) < 4.78 is 6.55. The van der Waals surface area contributed by atoms with Crippen molar-refractivity contribution in [3.63, 3.8) is 0 Å². The summed E-state index contributed by atoms with van der Waals surface area (Å²) in [6.45, 7) is 5.44. The van der Waals surface area contributed by atoms with Crippen LogP contribution in [0.4, 0.5) is 0 Å². The van der Waals surface area contributed by atoms with Crippen LogP contribution in [0.1, 0.15) is 18.2 Å². The zero-order valence-electron chi connectivity index (χ0n) is 10.5. The van der Waals surface area contributed by atoms with Gasteiger partial charge in [-0.25, -0.2) is 0 Å². The second-order valence-electron chi connectivity index (χ2n) is 4.06. The average molecular weight is 284 g/mol. The Labute approximate surface area is 117 Å². The summed E-state index contributed by atoms with van der Waals surface area (Å²) in [6, 6.07) is 8.27. The second kappa shape index (κ2) is 7.10. The van der Waals surface area contributed by atoms with E-state index in [0.717, 1.165) is 43.1 Å². The van der Waals surface area contributed by atoms with Crippen LogP contribution in [0, 0.1) is 0 Å². The van der Waals surface area contributed by atoms with Crippen LogP contribution in [0.15, 0.2) is 24.3 Å². The third kappa shape index (κ3) is 3.45. The lowest BCUT2D eigenvalue weighted by atomic mass is 10.2. The minimum atomic E-state index is 0.794. The summed E-state index contributed by atoms with van der Waals surface area (Å²) in [7, 11) is 0. The van der Waals surface area contributed by atoms with Crippen molar-refractivity contribution in [2.45, 2.75) is 19.9 Å². The molecule has 1 aromatic carbocycles. The van der Waals surface area contributed by atoms with E-state index in [9.17, 15) is 0 Å². The fourth-order valence-electron chi connectivity index (χ4n) is 1.82. The maximum Gasteiger partial charge on any atom is 0.0636 e. The van der Waals surface area contributed by atoms with Gasteiger partial charge >= 0.3 is 0 Å². The SMILES string of the molecule is CCOCCCNCc1sc2ccccc2c1Cl. The number of thiophene rings is 1. The Kier molecular flexibility index (Phi) is 5.45. The molecule has 0 amide bonds. The molecule has 0 radical (unpaired) electrons. The maximum atomic E-state index is 6.37. The normalized spacial score (nSPS) is 11.2. The fourth-order valence-corrected chi connectivity index (χ4v) is 3.29. The number of halogens is 1. The van der Waals surface area contributed by atoms with Crippen LogP contribution < -0.4 is 5.32 Å². The molecule has 4 heteroatoms. The first kappa shape index (κ1) is 13.8. The Bertz CT molecular complexity index is 497. The van der Waals surface area contributed by atoms with E-state index in [1.807, 2.05) is 13.0 Å². The molecule has 0 atom stereocenters. The third-order valence-electron chi connectivity index (χ3n) is 2.73. The van der Waals surface area contributed by atoms with E-state index in [2.05, 4.69) is 23.5 Å². The van der Waals surface area contributed by atoms with Crippen molar-refractivity contribution in [1.82, 2.24) is 5.32 Å². The molecule has 98 valence electrons. The molecule has 0 fully saturated rings. The molecule has 2 nitrogen and oxygen atoms in total. The molecule has 0 aliphatic heterocycles. The van der Waals surface area contributed by atoms with Gasteiger partial charge in [0.15, 0.2) is 0 Å². The summed E-state index contributed by atoms with van der Waals surface area (Å²) in [5.41, 5.74) is 0. The van der Waals surface area contributed by atoms with Crippen LogP contribution >= 0.6 is 22.9 Å². The Balaban J connectivity index is 1.86. The van der Waals surface area contributed by atoms with Crippen molar-refractivity contribution in [2.24, 2.45) is 0 Å². The van der Waals surface area contributed by atoms with Crippen LogP contribution in [-0.4, -0.2) is 19.8 Å². The first-order valence-corrected chi connectivity index (χ1v) is 7.46. The second-order valence-corrected chi connectivity index (χ2v) is 5.58. The quantitative estimate of drug-likeness (QED) is 0.774. The smallest absolute Gasteiger partial charge is 0.0636 e. The number of rotatable bonds is 7. The Morgan fingerprint density at radius 1 is 1.33 bits per heavy atom. The van der Waals surface area contributed by atoms with Crippen molar-refractivity contribution >= 4 is 33.0 Å². The van der Waals surface area contributed by atoms with Crippen molar-refractivity contribution in [1.29, 1.82) is 0 Å². The Morgan fingerprint density at radius 3 is 2.94 bits per heavy atom. The van der Waals surface area contributed by atoms with E-state index in [1.54, 1.807) is 11.3 Å². The predicted molar refractivity (Wildman–Crippen MR) is 79.7 cm³/mol. The van der Waals surface area contributed by atoms with Crippen LogP contribution in [0.25, 0.3) is 10.1 Å². The van der Waals surface area contributed by atoms with Gasteiger partial charge in [-0.2, -0.15) is 0 Å². The van der Waals surface area contributed by atoms with Gasteiger partial charge in [-0.15, -0.1) is 11.3 Å². The highest BCUT2D eigenvalue weighted by Crippen LogP contribution is 2.34. The zero-order chi connectivity index (χ0) is 12.8. The van der Waals surface area contributed by atoms with E-state index < -0.39 is 0 Å². The van der Waals surface area contributed by atoms with Crippen molar-refractivity contribution in [2.75, 3.05) is 19.8 Å². The molecule has 18 heavy (non-hydrogen) atoms. The maximum absolute atomic E-state index is 6.37. The standard InChI is InChI=1S/C14H18ClNOS/c1-2-17-9-5-8-16-10-13-14(15)11-6-3-4-7-12(11)18-13/h3-4,6-7,16H,2,5,8-10H2,1H3. The van der Waals surface area contributed by atoms with Crippen LogP contribution in [0.3, 0.4) is 0 Å². The molecule has 2 aromatic rings. The number of ether oxygens (including phenoxy) is 1. The number of benzene rings is 1. The minimum absolute atomic E-state index is 0.794. The number of fused-ring (bicyclic) bond motifs is 1. The average Bonchev–Trinajstić information content (AvgIpc) is 2.71. The van der Waals surface area contributed by atoms with Crippen molar-refractivity contribution < 1.29 is 4.74 Å². The van der Waals surface area contributed by atoms with Gasteiger partial charge < -0.3 is 10.1 Å². The predicted octanol–water partition coefficient (Wildman–Crippen LogP) is 4.07. The highest BCUT2D eigenvalue weighted by molar-refractivity contribution is 7.19. The number of nitrogens with one attached hydrogen (secondary N) is 1. The van der Waals surface area contributed by atoms with E-state index >= 15 is 0 Å². The molecular weight excluding hydrogens is 266 g/mol. The fraction of sp³-hybridized carbons (Fsp3) is 0.429.